The Hall–Kier alpha value is -1.10. The van der Waals surface area contributed by atoms with E-state index in [1.165, 1.54) is 0 Å². The fraction of sp³-hybridized carbons (Fsp3) is 0.333. The van der Waals surface area contributed by atoms with Crippen LogP contribution < -0.4 is 5.46 Å². The third kappa shape index (κ3) is 3.81. The highest BCUT2D eigenvalue weighted by molar-refractivity contribution is 9.10. The fourth-order valence-electron chi connectivity index (χ4n) is 1.88. The van der Waals surface area contributed by atoms with Crippen LogP contribution in [0, 0.1) is 0 Å². The SMILES string of the molecule is CC(C)(O)C(C)(C)O[B]c1ccccc1-c1ccccc1Br. The van der Waals surface area contributed by atoms with Crippen molar-refractivity contribution in [3.8, 4) is 11.1 Å². The summed E-state index contributed by atoms with van der Waals surface area (Å²) in [6.07, 6.45) is 0. The van der Waals surface area contributed by atoms with Gasteiger partial charge >= 0.3 is 7.48 Å². The van der Waals surface area contributed by atoms with Crippen LogP contribution in [0.5, 0.6) is 0 Å². The Morgan fingerprint density at radius 1 is 0.909 bits per heavy atom. The molecule has 0 heterocycles. The van der Waals surface area contributed by atoms with Gasteiger partial charge in [-0.15, -0.1) is 0 Å². The van der Waals surface area contributed by atoms with E-state index in [0.717, 1.165) is 21.1 Å². The zero-order valence-corrected chi connectivity index (χ0v) is 15.0. The first-order chi connectivity index (χ1) is 10.2. The summed E-state index contributed by atoms with van der Waals surface area (Å²) < 4.78 is 6.93. The Balaban J connectivity index is 2.29. The van der Waals surface area contributed by atoms with Crippen LogP contribution in [0.25, 0.3) is 11.1 Å². The molecule has 1 radical (unpaired) electrons. The monoisotopic (exact) mass is 359 g/mol. The summed E-state index contributed by atoms with van der Waals surface area (Å²) in [7, 11) is 1.73. The number of benzene rings is 2. The van der Waals surface area contributed by atoms with Crippen LogP contribution >= 0.6 is 15.9 Å². The van der Waals surface area contributed by atoms with Crippen molar-refractivity contribution in [3.63, 3.8) is 0 Å². The molecule has 2 nitrogen and oxygen atoms in total. The quantitative estimate of drug-likeness (QED) is 0.819. The van der Waals surface area contributed by atoms with Gasteiger partial charge in [0.15, 0.2) is 0 Å². The maximum atomic E-state index is 10.2. The van der Waals surface area contributed by atoms with Gasteiger partial charge < -0.3 is 9.76 Å². The first-order valence-electron chi connectivity index (χ1n) is 7.30. The second-order valence-corrected chi connectivity index (χ2v) is 7.23. The number of halogens is 1. The molecule has 0 atom stereocenters. The minimum Gasteiger partial charge on any atom is -0.427 e. The summed E-state index contributed by atoms with van der Waals surface area (Å²) in [6.45, 7) is 7.26. The largest absolute Gasteiger partial charge is 0.427 e. The molecule has 4 heteroatoms. The van der Waals surface area contributed by atoms with Gasteiger partial charge in [-0.2, -0.15) is 0 Å². The first-order valence-corrected chi connectivity index (χ1v) is 8.09. The number of aliphatic hydroxyl groups is 1. The molecule has 0 aromatic heterocycles. The van der Waals surface area contributed by atoms with Crippen LogP contribution in [0.2, 0.25) is 0 Å². The third-order valence-electron chi connectivity index (χ3n) is 4.08. The van der Waals surface area contributed by atoms with E-state index >= 15 is 0 Å². The van der Waals surface area contributed by atoms with Gasteiger partial charge in [-0.25, -0.2) is 0 Å². The van der Waals surface area contributed by atoms with Crippen molar-refractivity contribution in [2.75, 3.05) is 0 Å². The summed E-state index contributed by atoms with van der Waals surface area (Å²) >= 11 is 3.59. The van der Waals surface area contributed by atoms with Crippen molar-refractivity contribution >= 4 is 28.9 Å². The highest BCUT2D eigenvalue weighted by Gasteiger charge is 2.35. The molecule has 0 spiro atoms. The van der Waals surface area contributed by atoms with Gasteiger partial charge in [-0.3, -0.25) is 0 Å². The molecule has 2 aromatic rings. The lowest BCUT2D eigenvalue weighted by atomic mass is 9.79. The van der Waals surface area contributed by atoms with E-state index in [-0.39, 0.29) is 0 Å². The molecule has 0 fully saturated rings. The third-order valence-corrected chi connectivity index (χ3v) is 4.77. The Morgan fingerprint density at radius 2 is 1.45 bits per heavy atom. The van der Waals surface area contributed by atoms with Crippen LogP contribution in [0.15, 0.2) is 53.0 Å². The summed E-state index contributed by atoms with van der Waals surface area (Å²) in [5, 5.41) is 10.2. The van der Waals surface area contributed by atoms with Crippen molar-refractivity contribution in [2.24, 2.45) is 0 Å². The maximum absolute atomic E-state index is 10.2. The molecule has 0 aliphatic rings. The summed E-state index contributed by atoms with van der Waals surface area (Å²) in [5.41, 5.74) is 1.55. The molecule has 0 bridgehead atoms. The molecule has 115 valence electrons. The minimum absolute atomic E-state index is 0.686. The molecular weight excluding hydrogens is 339 g/mol. The molecule has 1 N–H and O–H groups in total. The zero-order valence-electron chi connectivity index (χ0n) is 13.4. The lowest BCUT2D eigenvalue weighted by Crippen LogP contribution is -2.49. The lowest BCUT2D eigenvalue weighted by Gasteiger charge is -2.37. The van der Waals surface area contributed by atoms with E-state index < -0.39 is 11.2 Å². The molecule has 0 aliphatic carbocycles. The first kappa shape index (κ1) is 17.3. The Morgan fingerprint density at radius 3 is 2.05 bits per heavy atom. The van der Waals surface area contributed by atoms with E-state index in [9.17, 15) is 5.11 Å². The molecule has 0 saturated heterocycles. The molecule has 2 rings (SSSR count). The van der Waals surface area contributed by atoms with Crippen LogP contribution in [0.3, 0.4) is 0 Å². The zero-order chi connectivity index (χ0) is 16.4. The van der Waals surface area contributed by atoms with Crippen molar-refractivity contribution < 1.29 is 9.76 Å². The minimum atomic E-state index is -0.939. The number of hydrogen-bond donors (Lipinski definition) is 1. The van der Waals surface area contributed by atoms with Gasteiger partial charge in [-0.05, 0) is 50.4 Å². The molecule has 0 saturated carbocycles. The summed E-state index contributed by atoms with van der Waals surface area (Å²) in [5.74, 6) is 0. The summed E-state index contributed by atoms with van der Waals surface area (Å²) in [4.78, 5) is 0. The second kappa shape index (κ2) is 6.57. The molecule has 0 aliphatic heterocycles. The predicted molar refractivity (Wildman–Crippen MR) is 96.4 cm³/mol. The molecular formula is C18H21BBrO2. The van der Waals surface area contributed by atoms with E-state index in [1.807, 2.05) is 50.2 Å². The predicted octanol–water partition coefficient (Wildman–Crippen LogP) is 3.93. The average molecular weight is 360 g/mol. The lowest BCUT2D eigenvalue weighted by molar-refractivity contribution is -0.0893. The van der Waals surface area contributed by atoms with Gasteiger partial charge in [-0.1, -0.05) is 58.4 Å². The molecule has 2 aromatic carbocycles. The topological polar surface area (TPSA) is 29.5 Å². The van der Waals surface area contributed by atoms with Crippen molar-refractivity contribution in [3.05, 3.63) is 53.0 Å². The molecule has 0 amide bonds. The van der Waals surface area contributed by atoms with Gasteiger partial charge in [0.1, 0.15) is 0 Å². The van der Waals surface area contributed by atoms with Crippen molar-refractivity contribution in [2.45, 2.75) is 38.9 Å². The van der Waals surface area contributed by atoms with Gasteiger partial charge in [0.2, 0.25) is 0 Å². The van der Waals surface area contributed by atoms with E-state index in [4.69, 9.17) is 4.65 Å². The number of hydrogen-bond acceptors (Lipinski definition) is 2. The fourth-order valence-corrected chi connectivity index (χ4v) is 2.38. The second-order valence-electron chi connectivity index (χ2n) is 6.37. The highest BCUT2D eigenvalue weighted by atomic mass is 79.9. The van der Waals surface area contributed by atoms with Crippen molar-refractivity contribution in [1.82, 2.24) is 0 Å². The highest BCUT2D eigenvalue weighted by Crippen LogP contribution is 2.28. The molecule has 0 unspecified atom stereocenters. The smallest absolute Gasteiger partial charge is 0.331 e. The van der Waals surface area contributed by atoms with Crippen LogP contribution in [0.1, 0.15) is 27.7 Å². The van der Waals surface area contributed by atoms with E-state index in [0.29, 0.717) is 0 Å². The van der Waals surface area contributed by atoms with Gasteiger partial charge in [0.05, 0.1) is 11.2 Å². The normalized spacial score (nSPS) is 12.3. The Labute approximate surface area is 141 Å². The van der Waals surface area contributed by atoms with Gasteiger partial charge in [0, 0.05) is 4.47 Å². The van der Waals surface area contributed by atoms with Crippen LogP contribution in [0.4, 0.5) is 0 Å². The maximum Gasteiger partial charge on any atom is 0.331 e. The Bertz CT molecular complexity index is 648. The van der Waals surface area contributed by atoms with Crippen LogP contribution in [-0.2, 0) is 4.65 Å². The Kier molecular flexibility index (Phi) is 5.16. The summed E-state index contributed by atoms with van der Waals surface area (Å²) in [6, 6.07) is 16.2. The average Bonchev–Trinajstić information content (AvgIpc) is 2.45. The van der Waals surface area contributed by atoms with E-state index in [1.54, 1.807) is 21.3 Å². The molecule has 22 heavy (non-hydrogen) atoms. The standard InChI is InChI=1S/C18H21BBrO2/c1-17(2,21)18(3,4)22-19-15-11-7-5-9-13(15)14-10-6-8-12-16(14)20/h5-12,21H,1-4H3. The van der Waals surface area contributed by atoms with Crippen LogP contribution in [-0.4, -0.2) is 23.8 Å². The van der Waals surface area contributed by atoms with Gasteiger partial charge in [0.25, 0.3) is 0 Å². The van der Waals surface area contributed by atoms with E-state index in [2.05, 4.69) is 28.1 Å². The van der Waals surface area contributed by atoms with Crippen molar-refractivity contribution in [1.29, 1.82) is 0 Å². The number of rotatable bonds is 5.